The Morgan fingerprint density at radius 2 is 2.08 bits per heavy atom. The highest BCUT2D eigenvalue weighted by molar-refractivity contribution is 8.26. The van der Waals surface area contributed by atoms with E-state index in [2.05, 4.69) is 0 Å². The monoisotopic (exact) mass is 383 g/mol. The van der Waals surface area contributed by atoms with Crippen molar-refractivity contribution in [1.82, 2.24) is 4.90 Å². The number of carbonyl (C=O) groups is 2. The number of thiocarbonyl (C=S) groups is 1. The molecule has 25 heavy (non-hydrogen) atoms. The molecule has 0 atom stereocenters. The lowest BCUT2D eigenvalue weighted by molar-refractivity contribution is -0.137. The zero-order valence-electron chi connectivity index (χ0n) is 13.6. The maximum absolute atomic E-state index is 12.5. The maximum Gasteiger partial charge on any atom is 0.303 e. The van der Waals surface area contributed by atoms with Crippen LogP contribution in [0.3, 0.4) is 0 Å². The Balaban J connectivity index is 2.26. The van der Waals surface area contributed by atoms with Crippen molar-refractivity contribution in [2.75, 3.05) is 20.8 Å². The van der Waals surface area contributed by atoms with Crippen LogP contribution >= 0.6 is 24.0 Å². The third kappa shape index (κ3) is 4.43. The molecule has 0 bridgehead atoms. The van der Waals surface area contributed by atoms with Crippen LogP contribution in [0.5, 0.6) is 17.2 Å². The van der Waals surface area contributed by atoms with Gasteiger partial charge in [-0.25, -0.2) is 0 Å². The minimum absolute atomic E-state index is 0.0385. The van der Waals surface area contributed by atoms with E-state index in [-0.39, 0.29) is 24.6 Å². The van der Waals surface area contributed by atoms with Crippen molar-refractivity contribution in [1.29, 1.82) is 0 Å². The van der Waals surface area contributed by atoms with E-state index in [1.165, 1.54) is 31.3 Å². The number of rotatable bonds is 7. The van der Waals surface area contributed by atoms with Crippen molar-refractivity contribution < 1.29 is 29.3 Å². The van der Waals surface area contributed by atoms with Crippen LogP contribution in [0.25, 0.3) is 6.08 Å². The third-order valence-corrected chi connectivity index (χ3v) is 4.85. The molecule has 1 saturated heterocycles. The molecule has 1 aliphatic rings. The van der Waals surface area contributed by atoms with Gasteiger partial charge in [0, 0.05) is 25.1 Å². The first kappa shape index (κ1) is 19.1. The average Bonchev–Trinajstić information content (AvgIpc) is 2.83. The summed E-state index contributed by atoms with van der Waals surface area (Å²) in [5, 5.41) is 18.9. The molecule has 134 valence electrons. The van der Waals surface area contributed by atoms with Gasteiger partial charge in [-0.05, 0) is 12.5 Å². The lowest BCUT2D eigenvalue weighted by atomic mass is 10.1. The van der Waals surface area contributed by atoms with Crippen LogP contribution in [-0.2, 0) is 9.59 Å². The van der Waals surface area contributed by atoms with E-state index in [1.54, 1.807) is 6.07 Å². The summed E-state index contributed by atoms with van der Waals surface area (Å²) in [7, 11) is 2.92. The third-order valence-electron chi connectivity index (χ3n) is 3.47. The van der Waals surface area contributed by atoms with E-state index >= 15 is 0 Å². The van der Waals surface area contributed by atoms with E-state index in [0.717, 1.165) is 11.8 Å². The van der Waals surface area contributed by atoms with E-state index in [4.69, 9.17) is 26.8 Å². The smallest absolute Gasteiger partial charge is 0.303 e. The van der Waals surface area contributed by atoms with Crippen LogP contribution in [0.1, 0.15) is 18.4 Å². The van der Waals surface area contributed by atoms with Gasteiger partial charge in [0.2, 0.25) is 0 Å². The van der Waals surface area contributed by atoms with E-state index < -0.39 is 5.97 Å². The minimum atomic E-state index is -0.922. The molecule has 1 amide bonds. The summed E-state index contributed by atoms with van der Waals surface area (Å²) in [6.45, 7) is 0.236. The highest BCUT2D eigenvalue weighted by atomic mass is 32.2. The zero-order chi connectivity index (χ0) is 18.6. The summed E-state index contributed by atoms with van der Waals surface area (Å²) in [5.41, 5.74) is 0.342. The number of carboxylic acids is 1. The molecule has 0 unspecified atom stereocenters. The fraction of sp³-hybridized carbons (Fsp3) is 0.312. The van der Waals surface area contributed by atoms with Gasteiger partial charge in [0.05, 0.1) is 24.7 Å². The molecule has 1 aromatic rings. The Morgan fingerprint density at radius 1 is 1.36 bits per heavy atom. The predicted molar refractivity (Wildman–Crippen MR) is 98.0 cm³/mol. The number of carbonyl (C=O) groups excluding carboxylic acids is 1. The number of aliphatic carboxylic acids is 1. The van der Waals surface area contributed by atoms with Crippen molar-refractivity contribution in [2.24, 2.45) is 0 Å². The first-order valence-electron chi connectivity index (χ1n) is 7.29. The number of benzene rings is 1. The molecule has 0 saturated carbocycles. The number of amides is 1. The van der Waals surface area contributed by atoms with Crippen molar-refractivity contribution in [3.63, 3.8) is 0 Å². The fourth-order valence-corrected chi connectivity index (χ4v) is 3.52. The Morgan fingerprint density at radius 3 is 2.68 bits per heavy atom. The van der Waals surface area contributed by atoms with Gasteiger partial charge < -0.3 is 19.7 Å². The van der Waals surface area contributed by atoms with Crippen molar-refractivity contribution in [2.45, 2.75) is 12.8 Å². The first-order chi connectivity index (χ1) is 11.9. The van der Waals surface area contributed by atoms with E-state index in [9.17, 15) is 14.7 Å². The van der Waals surface area contributed by atoms with Gasteiger partial charge in [-0.1, -0.05) is 24.0 Å². The zero-order valence-corrected chi connectivity index (χ0v) is 15.3. The molecule has 0 radical (unpaired) electrons. The molecule has 0 spiro atoms. The largest absolute Gasteiger partial charge is 0.507 e. The first-order valence-corrected chi connectivity index (χ1v) is 8.52. The van der Waals surface area contributed by atoms with Crippen molar-refractivity contribution in [3.05, 3.63) is 22.6 Å². The summed E-state index contributed by atoms with van der Waals surface area (Å²) in [4.78, 5) is 24.8. The summed E-state index contributed by atoms with van der Waals surface area (Å²) < 4.78 is 10.7. The quantitative estimate of drug-likeness (QED) is 0.548. The number of hydrogen-bond donors (Lipinski definition) is 2. The van der Waals surface area contributed by atoms with Crippen LogP contribution in [-0.4, -0.2) is 52.1 Å². The number of hydrogen-bond acceptors (Lipinski definition) is 7. The molecule has 1 heterocycles. The number of aromatic hydroxyl groups is 1. The highest BCUT2D eigenvalue weighted by Gasteiger charge is 2.32. The number of nitrogens with zero attached hydrogens (tertiary/aromatic N) is 1. The second kappa shape index (κ2) is 8.21. The summed E-state index contributed by atoms with van der Waals surface area (Å²) >= 11 is 6.29. The highest BCUT2D eigenvalue weighted by Crippen LogP contribution is 2.39. The van der Waals surface area contributed by atoms with Gasteiger partial charge in [0.25, 0.3) is 5.91 Å². The maximum atomic E-state index is 12.5. The van der Waals surface area contributed by atoms with Gasteiger partial charge in [-0.3, -0.25) is 14.5 Å². The number of phenolic OH excluding ortho intramolecular Hbond substituents is 1. The van der Waals surface area contributed by atoms with Gasteiger partial charge in [-0.15, -0.1) is 0 Å². The van der Waals surface area contributed by atoms with Crippen LogP contribution in [0, 0.1) is 0 Å². The SMILES string of the molecule is COc1cc(O)c(C=C2SC(=S)N(CCCC(=O)O)C2=O)c(OC)c1. The molecule has 9 heteroatoms. The van der Waals surface area contributed by atoms with Crippen LogP contribution in [0.4, 0.5) is 0 Å². The molecular weight excluding hydrogens is 366 g/mol. The minimum Gasteiger partial charge on any atom is -0.507 e. The lowest BCUT2D eigenvalue weighted by Gasteiger charge is -2.13. The van der Waals surface area contributed by atoms with Crippen molar-refractivity contribution in [3.8, 4) is 17.2 Å². The number of carboxylic acid groups (broad SMARTS) is 1. The Kier molecular flexibility index (Phi) is 6.27. The van der Waals surface area contributed by atoms with E-state index in [1.807, 2.05) is 0 Å². The Hall–Kier alpha value is -2.26. The topological polar surface area (TPSA) is 96.3 Å². The standard InChI is InChI=1S/C16H17NO6S2/c1-22-9-6-11(18)10(12(7-9)23-2)8-13-15(21)17(16(24)25-13)5-3-4-14(19)20/h6-8,18H,3-5H2,1-2H3,(H,19,20). The molecule has 2 N–H and O–H groups in total. The molecule has 1 fully saturated rings. The molecule has 0 aromatic heterocycles. The summed E-state index contributed by atoms with van der Waals surface area (Å²) in [6, 6.07) is 3.01. The molecule has 7 nitrogen and oxygen atoms in total. The predicted octanol–water partition coefficient (Wildman–Crippen LogP) is 2.48. The molecule has 0 aliphatic carbocycles. The second-order valence-electron chi connectivity index (χ2n) is 5.09. The van der Waals surface area contributed by atoms with Gasteiger partial charge in [0.1, 0.15) is 21.6 Å². The number of phenols is 1. The van der Waals surface area contributed by atoms with Crippen molar-refractivity contribution >= 4 is 46.3 Å². The molecule has 1 aliphatic heterocycles. The van der Waals surface area contributed by atoms with Gasteiger partial charge in [0.15, 0.2) is 0 Å². The van der Waals surface area contributed by atoms with Gasteiger partial charge >= 0.3 is 5.97 Å². The summed E-state index contributed by atoms with van der Waals surface area (Å²) in [6.07, 6.45) is 1.78. The number of methoxy groups -OCH3 is 2. The lowest BCUT2D eigenvalue weighted by Crippen LogP contribution is -2.29. The molecule has 2 rings (SSSR count). The average molecular weight is 383 g/mol. The van der Waals surface area contributed by atoms with Crippen LogP contribution < -0.4 is 9.47 Å². The Bertz CT molecular complexity index is 746. The fourth-order valence-electron chi connectivity index (χ4n) is 2.23. The molecule has 1 aromatic carbocycles. The van der Waals surface area contributed by atoms with Gasteiger partial charge in [-0.2, -0.15) is 0 Å². The summed E-state index contributed by atoms with van der Waals surface area (Å²) in [5.74, 6) is -0.556. The number of ether oxygens (including phenoxy) is 2. The van der Waals surface area contributed by atoms with Crippen LogP contribution in [0.2, 0.25) is 0 Å². The van der Waals surface area contributed by atoms with Crippen LogP contribution in [0.15, 0.2) is 17.0 Å². The molecular formula is C16H17NO6S2. The normalized spacial score (nSPS) is 15.8. The number of thioether (sulfide) groups is 1. The Labute approximate surface area is 154 Å². The van der Waals surface area contributed by atoms with E-state index in [0.29, 0.717) is 32.7 Å². The second-order valence-corrected chi connectivity index (χ2v) is 6.77.